The lowest BCUT2D eigenvalue weighted by molar-refractivity contribution is -0.271. The molecule has 1 heterocycles. The van der Waals surface area contributed by atoms with E-state index in [1.54, 1.807) is 0 Å². The minimum absolute atomic E-state index is 0.0126. The van der Waals surface area contributed by atoms with Crippen molar-refractivity contribution in [3.8, 4) is 0 Å². The molecule has 1 fully saturated rings. The summed E-state index contributed by atoms with van der Waals surface area (Å²) in [5, 5.41) is 16.9. The van der Waals surface area contributed by atoms with Gasteiger partial charge in [-0.2, -0.15) is 0 Å². The highest BCUT2D eigenvalue weighted by molar-refractivity contribution is 7.46. The summed E-state index contributed by atoms with van der Waals surface area (Å²) < 4.78 is 55.8. The van der Waals surface area contributed by atoms with E-state index in [0.717, 1.165) is 141 Å². The number of ether oxygens (including phenoxy) is 6. The van der Waals surface area contributed by atoms with Crippen molar-refractivity contribution in [1.29, 1.82) is 0 Å². The topological polar surface area (TPSA) is 269 Å². The Kier molecular flexibility index (Phi) is 75.0. The van der Waals surface area contributed by atoms with Gasteiger partial charge in [-0.1, -0.05) is 388 Å². The molecule has 19 nitrogen and oxygen atoms in total. The molecular formula is C93H177N2O17P. The lowest BCUT2D eigenvalue weighted by Crippen LogP contribution is -2.66. The van der Waals surface area contributed by atoms with E-state index in [0.29, 0.717) is 51.4 Å². The number of esters is 4. The van der Waals surface area contributed by atoms with Crippen LogP contribution in [0.2, 0.25) is 0 Å². The average Bonchev–Trinajstić information content (AvgIpc) is 0.781. The maximum Gasteiger partial charge on any atom is 0.470 e. The Hall–Kier alpha value is -3.19. The van der Waals surface area contributed by atoms with E-state index in [9.17, 15) is 48.2 Å². The van der Waals surface area contributed by atoms with Crippen molar-refractivity contribution in [1.82, 2.24) is 10.6 Å². The maximum atomic E-state index is 14.9. The van der Waals surface area contributed by atoms with Crippen molar-refractivity contribution in [2.45, 2.75) is 540 Å². The normalized spacial score (nSPS) is 16.6. The fourth-order valence-corrected chi connectivity index (χ4v) is 16.2. The molecule has 0 aromatic rings. The molecule has 0 aromatic carbocycles. The van der Waals surface area contributed by atoms with E-state index in [-0.39, 0.29) is 57.1 Å². The minimum atomic E-state index is -5.46. The molecular weight excluding hydrogens is 1450 g/mol. The van der Waals surface area contributed by atoms with Crippen LogP contribution < -0.4 is 10.6 Å². The molecule has 113 heavy (non-hydrogen) atoms. The first-order valence-electron chi connectivity index (χ1n) is 48.0. The van der Waals surface area contributed by atoms with E-state index < -0.39 is 93.6 Å². The fraction of sp³-hybridized carbons (Fsp3) is 0.935. The van der Waals surface area contributed by atoms with Gasteiger partial charge in [0, 0.05) is 25.8 Å². The molecule has 0 bridgehead atoms. The summed E-state index contributed by atoms with van der Waals surface area (Å²) in [6, 6.07) is -1.54. The van der Waals surface area contributed by atoms with Crippen molar-refractivity contribution in [3.05, 3.63) is 0 Å². The molecule has 1 aliphatic heterocycles. The van der Waals surface area contributed by atoms with Crippen molar-refractivity contribution in [3.63, 3.8) is 0 Å². The molecule has 0 aromatic heterocycles. The Morgan fingerprint density at radius 2 is 0.619 bits per heavy atom. The number of unbranched alkanes of at least 4 members (excludes halogenated alkanes) is 54. The van der Waals surface area contributed by atoms with Gasteiger partial charge < -0.3 is 53.9 Å². The Balaban J connectivity index is 3.64. The molecule has 2 unspecified atom stereocenters. The van der Waals surface area contributed by atoms with Gasteiger partial charge in [-0.25, -0.2) is 4.57 Å². The average molecular weight is 1630 g/mol. The van der Waals surface area contributed by atoms with E-state index in [2.05, 4.69) is 52.2 Å². The number of hydrogen-bond donors (Lipinski definition) is 5. The van der Waals surface area contributed by atoms with Crippen LogP contribution in [0, 0.1) is 0 Å². The molecule has 1 aliphatic rings. The first kappa shape index (κ1) is 108. The van der Waals surface area contributed by atoms with Crippen LogP contribution in [0.5, 0.6) is 0 Å². The number of amides is 2. The van der Waals surface area contributed by atoms with Crippen molar-refractivity contribution in [2.24, 2.45) is 0 Å². The van der Waals surface area contributed by atoms with Gasteiger partial charge in [0.05, 0.1) is 32.5 Å². The van der Waals surface area contributed by atoms with Crippen LogP contribution >= 0.6 is 7.82 Å². The van der Waals surface area contributed by atoms with E-state index >= 15 is 0 Å². The van der Waals surface area contributed by atoms with Gasteiger partial charge in [0.2, 0.25) is 11.8 Å². The maximum absolute atomic E-state index is 14.9. The number of aliphatic hydroxyl groups excluding tert-OH is 1. The van der Waals surface area contributed by atoms with Gasteiger partial charge in [-0.3, -0.25) is 33.3 Å². The highest BCUT2D eigenvalue weighted by Gasteiger charge is 2.52. The van der Waals surface area contributed by atoms with Gasteiger partial charge in [-0.05, 0) is 64.2 Å². The minimum Gasteiger partial charge on any atom is -0.462 e. The summed E-state index contributed by atoms with van der Waals surface area (Å²) in [4.78, 5) is 105. The van der Waals surface area contributed by atoms with Gasteiger partial charge >= 0.3 is 31.7 Å². The lowest BCUT2D eigenvalue weighted by atomic mass is 9.96. The van der Waals surface area contributed by atoms with Crippen LogP contribution in [0.25, 0.3) is 0 Å². The number of carbonyl (C=O) groups is 6. The van der Waals surface area contributed by atoms with Crippen LogP contribution in [0.3, 0.4) is 0 Å². The first-order valence-corrected chi connectivity index (χ1v) is 49.5. The number of phosphoric acid groups is 1. The second-order valence-corrected chi connectivity index (χ2v) is 34.8. The zero-order valence-corrected chi connectivity index (χ0v) is 74.6. The number of phosphoric ester groups is 1. The zero-order valence-electron chi connectivity index (χ0n) is 73.7. The molecule has 0 radical (unpaired) electrons. The molecule has 1 rings (SSSR count). The third-order valence-corrected chi connectivity index (χ3v) is 23.1. The van der Waals surface area contributed by atoms with E-state index in [1.807, 2.05) is 0 Å². The van der Waals surface area contributed by atoms with Crippen LogP contribution in [0.1, 0.15) is 491 Å². The number of nitrogens with one attached hydrogen (secondary N) is 2. The number of aliphatic hydroxyl groups is 1. The second kappa shape index (κ2) is 78.6. The predicted molar refractivity (Wildman–Crippen MR) is 460 cm³/mol. The van der Waals surface area contributed by atoms with E-state index in [1.165, 1.54) is 218 Å². The highest BCUT2D eigenvalue weighted by atomic mass is 31.2. The highest BCUT2D eigenvalue weighted by Crippen LogP contribution is 2.43. The molecule has 0 spiro atoms. The summed E-state index contributed by atoms with van der Waals surface area (Å²) in [5.74, 6) is -2.99. The van der Waals surface area contributed by atoms with E-state index in [4.69, 9.17) is 32.9 Å². The summed E-state index contributed by atoms with van der Waals surface area (Å²) >= 11 is 0. The van der Waals surface area contributed by atoms with Gasteiger partial charge in [-0.15, -0.1) is 0 Å². The quantitative estimate of drug-likeness (QED) is 0.0164. The van der Waals surface area contributed by atoms with Crippen LogP contribution in [0.15, 0.2) is 0 Å². The van der Waals surface area contributed by atoms with Crippen LogP contribution in [-0.2, 0) is 66.3 Å². The molecule has 5 N–H and O–H groups in total. The van der Waals surface area contributed by atoms with Crippen molar-refractivity contribution in [2.75, 3.05) is 19.8 Å². The number of rotatable bonds is 85. The standard InChI is InChI=1S/C93H177N2O17P/c1-7-13-19-25-31-37-40-46-52-58-64-71-86(99)107-80(68-61-55-49-43-34-28-22-16-10-4)76-84(97)94-74-67-75-106-93-90(95-85(98)77-81(69-62-56-50-44-35-29-23-17-11-5)108-87(100)72-65-59-53-47-41-38-32-26-20-14-8-2)92(91(83(79-96)110-93)112-113(103,104)105)111-89(102)78-82(70-63-57-51-45-36-30-24-18-12-6)109-88(101)73-66-60-54-48-42-39-33-27-21-15-9-3/h80-83,90-93,96H,7-79H2,1-6H3,(H,94,97)(H,95,98)(H2,103,104,105)/t80-,81-,82-,83?,90+,91+,92?,93-/m1/s1. The summed E-state index contributed by atoms with van der Waals surface area (Å²) in [7, 11) is -5.46. The molecule has 0 aliphatic carbocycles. The monoisotopic (exact) mass is 1630 g/mol. The first-order chi connectivity index (χ1) is 55.0. The molecule has 1 saturated heterocycles. The summed E-state index contributed by atoms with van der Waals surface area (Å²) in [6.45, 7) is 12.4. The Bertz CT molecular complexity index is 2260. The number of carbonyl (C=O) groups excluding carboxylic acids is 6. The van der Waals surface area contributed by atoms with Crippen molar-refractivity contribution >= 4 is 43.5 Å². The molecule has 20 heteroatoms. The zero-order chi connectivity index (χ0) is 82.6. The lowest BCUT2D eigenvalue weighted by Gasteiger charge is -2.45. The van der Waals surface area contributed by atoms with Crippen molar-refractivity contribution < 1.29 is 81.2 Å². The molecule has 666 valence electrons. The predicted octanol–water partition coefficient (Wildman–Crippen LogP) is 24.9. The molecule has 2 amide bonds. The fourth-order valence-electron chi connectivity index (χ4n) is 15.6. The third-order valence-electron chi connectivity index (χ3n) is 22.6. The SMILES string of the molecule is CCCCCCCCCCCCCC(=O)O[C@H](CCCCCCCCCCC)CC(=O)NCCCO[C@@H]1OC(CO)[C@H](OP(=O)(O)O)C(OC(=O)C[C@@H](CCCCCCCCCCC)OC(=O)CCCCCCCCCCCCC)[C@@H]1NC(=O)C[C@@H](CCCCCCCCCCC)OC(=O)CCCCCCCCCCCCC. The smallest absolute Gasteiger partial charge is 0.462 e. The largest absolute Gasteiger partial charge is 0.470 e. The van der Waals surface area contributed by atoms with Gasteiger partial charge in [0.1, 0.15) is 36.6 Å². The van der Waals surface area contributed by atoms with Gasteiger partial charge in [0.15, 0.2) is 12.4 Å². The molecule has 8 atom stereocenters. The van der Waals surface area contributed by atoms with Gasteiger partial charge in [0.25, 0.3) is 0 Å². The Labute approximate surface area is 691 Å². The third kappa shape index (κ3) is 67.3. The van der Waals surface area contributed by atoms with Crippen LogP contribution in [0.4, 0.5) is 0 Å². The summed E-state index contributed by atoms with van der Waals surface area (Å²) in [5.41, 5.74) is 0. The Morgan fingerprint density at radius 1 is 0.345 bits per heavy atom. The van der Waals surface area contributed by atoms with Crippen LogP contribution in [-0.4, -0.2) is 119 Å². The number of hydrogen-bond acceptors (Lipinski definition) is 15. The summed E-state index contributed by atoms with van der Waals surface area (Å²) in [6.07, 6.45) is 59.1. The Morgan fingerprint density at radius 3 is 0.912 bits per heavy atom. The molecule has 0 saturated carbocycles. The second-order valence-electron chi connectivity index (χ2n) is 33.6.